The van der Waals surface area contributed by atoms with Crippen molar-refractivity contribution in [2.45, 2.75) is 24.0 Å². The third kappa shape index (κ3) is 7.22. The third-order valence-corrected chi connectivity index (χ3v) is 8.94. The molecule has 1 atom stereocenters. The molecule has 0 fully saturated rings. The van der Waals surface area contributed by atoms with E-state index in [0.29, 0.717) is 30.2 Å². The Kier molecular flexibility index (Phi) is 9.38. The van der Waals surface area contributed by atoms with Crippen LogP contribution in [0.3, 0.4) is 0 Å². The van der Waals surface area contributed by atoms with Crippen molar-refractivity contribution in [1.82, 2.24) is 9.62 Å². The van der Waals surface area contributed by atoms with Crippen molar-refractivity contribution in [1.29, 1.82) is 0 Å². The maximum absolute atomic E-state index is 13.9. The number of anilines is 1. The highest BCUT2D eigenvalue weighted by molar-refractivity contribution is 7.89. The standard InChI is InChI=1S/C33H33N3O6S/c1-41-27-16-18-28(19-17-27)43(39,40)35(22-26-12-6-3-7-13-26)24-32(37)36-23-31(42-30-15-9-8-14-29(30)36)33(38)34-21-20-25-10-4-2-5-11-25/h2-19,31H,20-24H2,1H3,(H,34,38)/t31-/m1/s1. The second kappa shape index (κ2) is 13.5. The van der Waals surface area contributed by atoms with Gasteiger partial charge in [0.25, 0.3) is 5.91 Å². The molecule has 0 unspecified atom stereocenters. The summed E-state index contributed by atoms with van der Waals surface area (Å²) in [5, 5.41) is 2.90. The number of nitrogens with one attached hydrogen (secondary N) is 1. The van der Waals surface area contributed by atoms with Gasteiger partial charge in [0.05, 0.1) is 30.8 Å². The van der Waals surface area contributed by atoms with Crippen LogP contribution in [0.15, 0.2) is 114 Å². The maximum Gasteiger partial charge on any atom is 0.262 e. The average molecular weight is 600 g/mol. The minimum absolute atomic E-state index is 0.0175. The number of carbonyl (C=O) groups excluding carboxylic acids is 2. The van der Waals surface area contributed by atoms with Crippen LogP contribution >= 0.6 is 0 Å². The molecule has 0 bridgehead atoms. The molecule has 2 amide bonds. The summed E-state index contributed by atoms with van der Waals surface area (Å²) in [5.41, 5.74) is 2.29. The Morgan fingerprint density at radius 1 is 0.884 bits per heavy atom. The molecular formula is C33H33N3O6S. The van der Waals surface area contributed by atoms with Crippen LogP contribution in [0, 0.1) is 0 Å². The lowest BCUT2D eigenvalue weighted by Gasteiger charge is -2.35. The van der Waals surface area contributed by atoms with Crippen LogP contribution in [0.4, 0.5) is 5.69 Å². The fraction of sp³-hybridized carbons (Fsp3) is 0.212. The van der Waals surface area contributed by atoms with E-state index in [4.69, 9.17) is 9.47 Å². The average Bonchev–Trinajstić information content (AvgIpc) is 3.04. The number of ether oxygens (including phenoxy) is 2. The summed E-state index contributed by atoms with van der Waals surface area (Å²) < 4.78 is 40.0. The van der Waals surface area contributed by atoms with Gasteiger partial charge < -0.3 is 19.7 Å². The second-order valence-corrected chi connectivity index (χ2v) is 12.0. The molecule has 222 valence electrons. The van der Waals surface area contributed by atoms with Crippen LogP contribution in [0.25, 0.3) is 0 Å². The van der Waals surface area contributed by atoms with Crippen LogP contribution in [0.1, 0.15) is 11.1 Å². The van der Waals surface area contributed by atoms with Crippen molar-refractivity contribution in [3.05, 3.63) is 120 Å². The summed E-state index contributed by atoms with van der Waals surface area (Å²) in [4.78, 5) is 28.5. The van der Waals surface area contributed by atoms with E-state index in [1.165, 1.54) is 24.1 Å². The first kappa shape index (κ1) is 29.8. The highest BCUT2D eigenvalue weighted by atomic mass is 32.2. The molecule has 9 nitrogen and oxygen atoms in total. The van der Waals surface area contributed by atoms with Crippen LogP contribution in [0.5, 0.6) is 11.5 Å². The van der Waals surface area contributed by atoms with Gasteiger partial charge in [-0.25, -0.2) is 8.42 Å². The van der Waals surface area contributed by atoms with Crippen LogP contribution in [0.2, 0.25) is 0 Å². The zero-order chi connectivity index (χ0) is 30.2. The van der Waals surface area contributed by atoms with Gasteiger partial charge in [0.1, 0.15) is 11.5 Å². The largest absolute Gasteiger partial charge is 0.497 e. The van der Waals surface area contributed by atoms with Crippen molar-refractivity contribution in [2.75, 3.05) is 31.6 Å². The first-order valence-electron chi connectivity index (χ1n) is 13.9. The van der Waals surface area contributed by atoms with E-state index in [9.17, 15) is 18.0 Å². The van der Waals surface area contributed by atoms with Gasteiger partial charge in [0.2, 0.25) is 15.9 Å². The number of hydrogen-bond donors (Lipinski definition) is 1. The molecule has 4 aromatic carbocycles. The van der Waals surface area contributed by atoms with Gasteiger partial charge in [-0.15, -0.1) is 0 Å². The summed E-state index contributed by atoms with van der Waals surface area (Å²) in [7, 11) is -2.58. The monoisotopic (exact) mass is 599 g/mol. The Morgan fingerprint density at radius 2 is 1.51 bits per heavy atom. The zero-order valence-corrected chi connectivity index (χ0v) is 24.6. The van der Waals surface area contributed by atoms with E-state index in [1.807, 2.05) is 48.5 Å². The predicted molar refractivity (Wildman–Crippen MR) is 163 cm³/mol. The molecule has 0 saturated heterocycles. The smallest absolute Gasteiger partial charge is 0.262 e. The molecular weight excluding hydrogens is 566 g/mol. The molecule has 43 heavy (non-hydrogen) atoms. The number of carbonyl (C=O) groups is 2. The van der Waals surface area contributed by atoms with Gasteiger partial charge in [-0.05, 0) is 53.9 Å². The van der Waals surface area contributed by atoms with E-state index < -0.39 is 28.6 Å². The number of rotatable bonds is 11. The molecule has 0 aliphatic carbocycles. The number of methoxy groups -OCH3 is 1. The maximum atomic E-state index is 13.9. The van der Waals surface area contributed by atoms with Crippen LogP contribution in [-0.4, -0.2) is 57.4 Å². The first-order valence-corrected chi connectivity index (χ1v) is 15.3. The number of sulfonamides is 1. The SMILES string of the molecule is COc1ccc(S(=O)(=O)N(CC(=O)N2C[C@H](C(=O)NCCc3ccccc3)Oc3ccccc32)Cc2ccccc2)cc1. The minimum Gasteiger partial charge on any atom is -0.497 e. The molecule has 0 saturated carbocycles. The van der Waals surface area contributed by atoms with E-state index in [1.54, 1.807) is 48.5 Å². The fourth-order valence-electron chi connectivity index (χ4n) is 4.84. The number of nitrogens with zero attached hydrogens (tertiary/aromatic N) is 2. The lowest BCUT2D eigenvalue weighted by atomic mass is 10.1. The normalized spacial score (nSPS) is 14.5. The van der Waals surface area contributed by atoms with Gasteiger partial charge in [0, 0.05) is 13.1 Å². The van der Waals surface area contributed by atoms with Gasteiger partial charge in [-0.1, -0.05) is 72.8 Å². The van der Waals surface area contributed by atoms with E-state index in [2.05, 4.69) is 5.32 Å². The summed E-state index contributed by atoms with van der Waals surface area (Å²) in [6, 6.07) is 31.8. The summed E-state index contributed by atoms with van der Waals surface area (Å²) in [6.07, 6.45) is -0.314. The number of fused-ring (bicyclic) bond motifs is 1. The summed E-state index contributed by atoms with van der Waals surface area (Å²) in [6.45, 7) is -0.117. The highest BCUT2D eigenvalue weighted by Gasteiger charge is 2.36. The molecule has 0 spiro atoms. The highest BCUT2D eigenvalue weighted by Crippen LogP contribution is 2.34. The summed E-state index contributed by atoms with van der Waals surface area (Å²) >= 11 is 0. The van der Waals surface area contributed by atoms with Gasteiger partial charge in [-0.3, -0.25) is 9.59 Å². The Balaban J connectivity index is 1.37. The topological polar surface area (TPSA) is 105 Å². The van der Waals surface area contributed by atoms with E-state index in [-0.39, 0.29) is 23.9 Å². The molecule has 1 heterocycles. The molecule has 1 aliphatic rings. The van der Waals surface area contributed by atoms with Gasteiger partial charge >= 0.3 is 0 Å². The Hall–Kier alpha value is -4.67. The molecule has 10 heteroatoms. The number of amides is 2. The Labute approximate surface area is 251 Å². The van der Waals surface area contributed by atoms with E-state index in [0.717, 1.165) is 15.4 Å². The molecule has 4 aromatic rings. The predicted octanol–water partition coefficient (Wildman–Crippen LogP) is 4.04. The molecule has 0 aromatic heterocycles. The lowest BCUT2D eigenvalue weighted by molar-refractivity contribution is -0.128. The van der Waals surface area contributed by atoms with Crippen LogP contribution in [-0.2, 0) is 32.6 Å². The van der Waals surface area contributed by atoms with E-state index >= 15 is 0 Å². The molecule has 5 rings (SSSR count). The fourth-order valence-corrected chi connectivity index (χ4v) is 6.22. The molecule has 0 radical (unpaired) electrons. The Morgan fingerprint density at radius 3 is 2.19 bits per heavy atom. The van der Waals surface area contributed by atoms with Crippen molar-refractivity contribution < 1.29 is 27.5 Å². The molecule has 1 N–H and O–H groups in total. The van der Waals surface area contributed by atoms with Crippen molar-refractivity contribution in [2.24, 2.45) is 0 Å². The lowest BCUT2D eigenvalue weighted by Crippen LogP contribution is -2.53. The van der Waals surface area contributed by atoms with Gasteiger partial charge in [0.15, 0.2) is 6.10 Å². The number of benzene rings is 4. The molecule has 1 aliphatic heterocycles. The Bertz CT molecular complexity index is 1650. The van der Waals surface area contributed by atoms with Crippen molar-refractivity contribution >= 4 is 27.5 Å². The zero-order valence-electron chi connectivity index (χ0n) is 23.8. The van der Waals surface area contributed by atoms with Crippen molar-refractivity contribution in [3.8, 4) is 11.5 Å². The van der Waals surface area contributed by atoms with Gasteiger partial charge in [-0.2, -0.15) is 4.31 Å². The summed E-state index contributed by atoms with van der Waals surface area (Å²) in [5.74, 6) is 0.0571. The third-order valence-electron chi connectivity index (χ3n) is 7.13. The van der Waals surface area contributed by atoms with Crippen molar-refractivity contribution in [3.63, 3.8) is 0 Å². The van der Waals surface area contributed by atoms with Crippen LogP contribution < -0.4 is 19.7 Å². The minimum atomic E-state index is -4.08. The second-order valence-electron chi connectivity index (χ2n) is 10.0. The quantitative estimate of drug-likeness (QED) is 0.279. The number of hydrogen-bond acceptors (Lipinski definition) is 6. The number of para-hydroxylation sites is 2. The first-order chi connectivity index (χ1) is 20.8.